The van der Waals surface area contributed by atoms with Crippen LogP contribution in [0.3, 0.4) is 0 Å². The first-order valence-electron chi connectivity index (χ1n) is 14.0. The number of aromatic nitrogens is 2. The summed E-state index contributed by atoms with van der Waals surface area (Å²) in [6, 6.07) is 7.24. The summed E-state index contributed by atoms with van der Waals surface area (Å²) < 4.78 is 12.5. The van der Waals surface area contributed by atoms with Crippen molar-refractivity contribution in [3.8, 4) is 11.4 Å². The zero-order chi connectivity index (χ0) is 28.2. The zero-order valence-electron chi connectivity index (χ0n) is 23.0. The number of pyridine rings is 2. The molecule has 1 N–H and O–H groups in total. The Balaban J connectivity index is 1.48. The molecule has 208 valence electrons. The summed E-state index contributed by atoms with van der Waals surface area (Å²) in [5.74, 6) is -1.35. The van der Waals surface area contributed by atoms with Crippen LogP contribution >= 0.6 is 0 Å². The highest BCUT2D eigenvalue weighted by atomic mass is 16.6. The second kappa shape index (κ2) is 9.76. The lowest BCUT2D eigenvalue weighted by Crippen LogP contribution is -2.47. The van der Waals surface area contributed by atoms with Gasteiger partial charge in [0.25, 0.3) is 5.56 Å². The Labute approximate surface area is 231 Å². The predicted octanol–water partition coefficient (Wildman–Crippen LogP) is 4.97. The number of cyclic esters (lactones) is 1. The Bertz CT molecular complexity index is 1640. The summed E-state index contributed by atoms with van der Waals surface area (Å²) in [6.07, 6.45) is 5.57. The Morgan fingerprint density at radius 2 is 1.93 bits per heavy atom. The number of anilines is 2. The molecule has 3 aliphatic heterocycles. The minimum Gasteiger partial charge on any atom is -0.457 e. The van der Waals surface area contributed by atoms with Gasteiger partial charge in [0.05, 0.1) is 40.4 Å². The second-order valence-electron chi connectivity index (χ2n) is 10.6. The van der Waals surface area contributed by atoms with Gasteiger partial charge in [-0.15, -0.1) is 0 Å². The minimum atomic E-state index is -1.71. The fraction of sp³-hybridized carbons (Fsp3) is 0.433. The van der Waals surface area contributed by atoms with Crippen molar-refractivity contribution in [1.29, 1.82) is 0 Å². The molecule has 0 saturated carbocycles. The number of benzene rings is 1. The number of hydrogen-bond acceptors (Lipinski definition) is 7. The molecule has 3 aromatic rings. The van der Waals surface area contributed by atoms with Crippen LogP contribution in [0.15, 0.2) is 29.1 Å². The lowest BCUT2D eigenvalue weighted by Gasteiger charge is -2.35. The van der Waals surface area contributed by atoms with Gasteiger partial charge in [0, 0.05) is 30.0 Å². The summed E-state index contributed by atoms with van der Waals surface area (Å²) in [5.41, 5.74) is 2.51. The summed E-state index contributed by atoms with van der Waals surface area (Å²) in [5, 5.41) is 3.94. The highest BCUT2D eigenvalue weighted by Gasteiger charge is 2.50. The van der Waals surface area contributed by atoms with Gasteiger partial charge >= 0.3 is 18.0 Å². The van der Waals surface area contributed by atoms with Crippen LogP contribution in [0.5, 0.6) is 0 Å². The molecule has 2 amide bonds. The first-order valence-corrected chi connectivity index (χ1v) is 14.0. The number of fused-ring (bicyclic) bond motifs is 5. The number of nitrogens with zero attached hydrogens (tertiary/aromatic N) is 3. The van der Waals surface area contributed by atoms with Crippen LogP contribution in [0.2, 0.25) is 0 Å². The lowest BCUT2D eigenvalue weighted by atomic mass is 9.85. The summed E-state index contributed by atoms with van der Waals surface area (Å²) in [6.45, 7) is 5.73. The zero-order valence-corrected chi connectivity index (χ0v) is 23.0. The summed E-state index contributed by atoms with van der Waals surface area (Å²) in [4.78, 5) is 58.8. The molecule has 0 bridgehead atoms. The predicted molar refractivity (Wildman–Crippen MR) is 149 cm³/mol. The van der Waals surface area contributed by atoms with E-state index in [2.05, 4.69) is 12.2 Å². The molecule has 0 spiro atoms. The van der Waals surface area contributed by atoms with Crippen molar-refractivity contribution in [3.05, 3.63) is 51.3 Å². The Morgan fingerprint density at radius 1 is 1.12 bits per heavy atom. The van der Waals surface area contributed by atoms with E-state index in [1.165, 1.54) is 13.3 Å². The van der Waals surface area contributed by atoms with Gasteiger partial charge in [0.2, 0.25) is 5.60 Å². The van der Waals surface area contributed by atoms with E-state index in [-0.39, 0.29) is 36.7 Å². The highest BCUT2D eigenvalue weighted by molar-refractivity contribution is 6.19. The van der Waals surface area contributed by atoms with Crippen molar-refractivity contribution in [3.63, 3.8) is 0 Å². The average molecular weight is 545 g/mol. The third-order valence-electron chi connectivity index (χ3n) is 8.23. The van der Waals surface area contributed by atoms with Gasteiger partial charge in [-0.3, -0.25) is 14.5 Å². The SMILES string of the molecule is CCCCCCCN1C(=O)Nc2c3c(nc4cccc1c24)-c1cc2c(c(=O)n1C3)COC(=O)[C@@]2(CC)OC(C)=O. The normalized spacial score (nSPS) is 18.6. The molecule has 3 aliphatic rings. The minimum absolute atomic E-state index is 0.109. The van der Waals surface area contributed by atoms with Crippen molar-refractivity contribution in [1.82, 2.24) is 9.55 Å². The smallest absolute Gasteiger partial charge is 0.355 e. The molecule has 10 nitrogen and oxygen atoms in total. The Hall–Kier alpha value is -4.21. The van der Waals surface area contributed by atoms with Crippen molar-refractivity contribution in [2.45, 2.75) is 78.0 Å². The van der Waals surface area contributed by atoms with E-state index in [9.17, 15) is 19.2 Å². The van der Waals surface area contributed by atoms with Crippen molar-refractivity contribution in [2.75, 3.05) is 16.8 Å². The molecule has 0 fully saturated rings. The number of esters is 2. The molecule has 5 heterocycles. The number of urea groups is 1. The van der Waals surface area contributed by atoms with Gasteiger partial charge in [-0.05, 0) is 31.0 Å². The third-order valence-corrected chi connectivity index (χ3v) is 8.23. The van der Waals surface area contributed by atoms with Gasteiger partial charge in [0.1, 0.15) is 6.61 Å². The van der Waals surface area contributed by atoms with Crippen LogP contribution in [0, 0.1) is 0 Å². The standard InChI is InChI=1S/C30H32N4O6/c1-4-6-7-8-9-13-33-22-12-10-11-21-24(22)26(32-29(33)38)18-15-34-23(25(18)31-21)14-20-19(27(34)36)16-39-28(37)30(20,5-2)40-17(3)35/h10-12,14H,4-9,13,15-16H2,1-3H3,(H,32,38)/t30-/m0/s1. The van der Waals surface area contributed by atoms with Crippen LogP contribution < -0.4 is 15.8 Å². The van der Waals surface area contributed by atoms with Crippen molar-refractivity contribution < 1.29 is 23.9 Å². The van der Waals surface area contributed by atoms with E-state index in [1.54, 1.807) is 22.5 Å². The van der Waals surface area contributed by atoms with Gasteiger partial charge in [-0.2, -0.15) is 0 Å². The molecule has 1 atom stereocenters. The van der Waals surface area contributed by atoms with Crippen molar-refractivity contribution in [2.24, 2.45) is 0 Å². The molecule has 0 aliphatic carbocycles. The molecule has 10 heteroatoms. The number of amides is 2. The number of nitrogens with one attached hydrogen (secondary N) is 1. The fourth-order valence-electron chi connectivity index (χ4n) is 6.26. The molecular weight excluding hydrogens is 512 g/mol. The van der Waals surface area contributed by atoms with Gasteiger partial charge in [-0.1, -0.05) is 45.6 Å². The molecule has 6 rings (SSSR count). The van der Waals surface area contributed by atoms with Crippen LogP contribution in [-0.2, 0) is 37.8 Å². The largest absolute Gasteiger partial charge is 0.457 e. The number of rotatable bonds is 8. The number of ether oxygens (including phenoxy) is 2. The first-order chi connectivity index (χ1) is 19.3. The number of carbonyl (C=O) groups is 3. The Morgan fingerprint density at radius 3 is 2.67 bits per heavy atom. The molecule has 40 heavy (non-hydrogen) atoms. The summed E-state index contributed by atoms with van der Waals surface area (Å²) >= 11 is 0. The molecule has 2 aromatic heterocycles. The van der Waals surface area contributed by atoms with Crippen LogP contribution in [0.1, 0.15) is 76.0 Å². The van der Waals surface area contributed by atoms with Gasteiger partial charge < -0.3 is 19.4 Å². The quantitative estimate of drug-likeness (QED) is 0.246. The topological polar surface area (TPSA) is 120 Å². The third kappa shape index (κ3) is 3.80. The van der Waals surface area contributed by atoms with Gasteiger partial charge in [-0.25, -0.2) is 14.6 Å². The number of unbranched alkanes of at least 4 members (excludes halogenated alkanes) is 4. The lowest BCUT2D eigenvalue weighted by molar-refractivity contribution is -0.188. The van der Waals surface area contributed by atoms with Crippen LogP contribution in [0.25, 0.3) is 22.3 Å². The van der Waals surface area contributed by atoms with E-state index < -0.39 is 17.5 Å². The van der Waals surface area contributed by atoms with Gasteiger partial charge in [0.15, 0.2) is 0 Å². The monoisotopic (exact) mass is 544 g/mol. The highest BCUT2D eigenvalue weighted by Crippen LogP contribution is 2.46. The maximum Gasteiger partial charge on any atom is 0.355 e. The first kappa shape index (κ1) is 26.0. The molecule has 1 aromatic carbocycles. The second-order valence-corrected chi connectivity index (χ2v) is 10.6. The number of carbonyl (C=O) groups excluding carboxylic acids is 3. The van der Waals surface area contributed by atoms with Crippen molar-refractivity contribution >= 4 is 40.2 Å². The van der Waals surface area contributed by atoms with E-state index in [0.29, 0.717) is 34.7 Å². The van der Waals surface area contributed by atoms with Crippen LogP contribution in [-0.4, -0.2) is 34.1 Å². The summed E-state index contributed by atoms with van der Waals surface area (Å²) in [7, 11) is 0. The Kier molecular flexibility index (Phi) is 6.35. The fourth-order valence-corrected chi connectivity index (χ4v) is 6.26. The molecular formula is C30H32N4O6. The maximum atomic E-state index is 13.8. The maximum absolute atomic E-state index is 13.8. The average Bonchev–Trinajstić information content (AvgIpc) is 3.30. The number of hydrogen-bond donors (Lipinski definition) is 1. The van der Waals surface area contributed by atoms with E-state index in [1.807, 2.05) is 18.2 Å². The molecule has 0 saturated heterocycles. The molecule has 0 radical (unpaired) electrons. The van der Waals surface area contributed by atoms with E-state index >= 15 is 0 Å². The van der Waals surface area contributed by atoms with Crippen LogP contribution in [0.4, 0.5) is 16.2 Å². The van der Waals surface area contributed by atoms with E-state index in [0.717, 1.165) is 42.3 Å². The molecule has 0 unspecified atom stereocenters. The van der Waals surface area contributed by atoms with E-state index in [4.69, 9.17) is 14.5 Å².